The molecule has 0 fully saturated rings. The molecule has 120 valence electrons. The van der Waals surface area contributed by atoms with Crippen LogP contribution in [0.15, 0.2) is 30.3 Å². The molecule has 1 rings (SSSR count). The molecule has 22 heavy (non-hydrogen) atoms. The van der Waals surface area contributed by atoms with Crippen molar-refractivity contribution in [3.8, 4) is 0 Å². The molecule has 1 aromatic rings. The Morgan fingerprint density at radius 3 is 2.14 bits per heavy atom. The Hall–Kier alpha value is -2.37. The van der Waals surface area contributed by atoms with Crippen LogP contribution >= 0.6 is 0 Å². The van der Waals surface area contributed by atoms with Gasteiger partial charge in [-0.25, -0.2) is 0 Å². The highest BCUT2D eigenvalue weighted by molar-refractivity contribution is 5.96. The van der Waals surface area contributed by atoms with Crippen molar-refractivity contribution in [3.63, 3.8) is 0 Å². The minimum Gasteiger partial charge on any atom is -0.343 e. The Labute approximate surface area is 131 Å². The third kappa shape index (κ3) is 5.20. The minimum atomic E-state index is -0.308. The summed E-state index contributed by atoms with van der Waals surface area (Å²) < 4.78 is 0. The van der Waals surface area contributed by atoms with Crippen molar-refractivity contribution in [2.45, 2.75) is 13.8 Å². The molecule has 0 bridgehead atoms. The Kier molecular flexibility index (Phi) is 7.08. The van der Waals surface area contributed by atoms with Crippen LogP contribution < -0.4 is 5.32 Å². The van der Waals surface area contributed by atoms with Gasteiger partial charge in [0.25, 0.3) is 5.91 Å². The van der Waals surface area contributed by atoms with Crippen LogP contribution in [0.25, 0.3) is 0 Å². The Morgan fingerprint density at radius 2 is 1.59 bits per heavy atom. The number of likely N-dealkylation sites (N-methyl/N-ethyl adjacent to an activating group) is 2. The van der Waals surface area contributed by atoms with Crippen molar-refractivity contribution in [2.75, 3.05) is 33.2 Å². The van der Waals surface area contributed by atoms with E-state index in [9.17, 15) is 14.4 Å². The summed E-state index contributed by atoms with van der Waals surface area (Å²) >= 11 is 0. The second-order valence-electron chi connectivity index (χ2n) is 4.86. The first kappa shape index (κ1) is 17.7. The SMILES string of the molecule is CCN(CC)C(=O)CN(C)C(=O)CNC(=O)c1ccccc1. The van der Waals surface area contributed by atoms with Gasteiger partial charge in [0, 0.05) is 25.7 Å². The molecule has 0 aromatic heterocycles. The molecule has 0 aliphatic carbocycles. The van der Waals surface area contributed by atoms with Crippen LogP contribution in [-0.2, 0) is 9.59 Å². The topological polar surface area (TPSA) is 69.7 Å². The zero-order chi connectivity index (χ0) is 16.5. The zero-order valence-corrected chi connectivity index (χ0v) is 13.3. The van der Waals surface area contributed by atoms with Crippen LogP contribution in [0.4, 0.5) is 0 Å². The molecular weight excluding hydrogens is 282 g/mol. The fraction of sp³-hybridized carbons (Fsp3) is 0.438. The number of nitrogens with one attached hydrogen (secondary N) is 1. The van der Waals surface area contributed by atoms with Gasteiger partial charge >= 0.3 is 0 Å². The van der Waals surface area contributed by atoms with E-state index in [0.717, 1.165) is 0 Å². The summed E-state index contributed by atoms with van der Waals surface area (Å²) in [6.45, 7) is 4.90. The van der Waals surface area contributed by atoms with E-state index in [1.165, 1.54) is 4.90 Å². The second-order valence-corrected chi connectivity index (χ2v) is 4.86. The highest BCUT2D eigenvalue weighted by Gasteiger charge is 2.17. The van der Waals surface area contributed by atoms with Gasteiger partial charge in [-0.1, -0.05) is 18.2 Å². The van der Waals surface area contributed by atoms with Crippen molar-refractivity contribution in [1.29, 1.82) is 0 Å². The molecule has 0 unspecified atom stereocenters. The molecule has 0 atom stereocenters. The molecule has 6 nitrogen and oxygen atoms in total. The largest absolute Gasteiger partial charge is 0.343 e. The van der Waals surface area contributed by atoms with E-state index in [2.05, 4.69) is 5.32 Å². The summed E-state index contributed by atoms with van der Waals surface area (Å²) in [5.74, 6) is -0.711. The first-order valence-corrected chi connectivity index (χ1v) is 7.34. The molecule has 6 heteroatoms. The lowest BCUT2D eigenvalue weighted by molar-refractivity contribution is -0.138. The zero-order valence-electron chi connectivity index (χ0n) is 13.3. The fourth-order valence-electron chi connectivity index (χ4n) is 1.95. The van der Waals surface area contributed by atoms with Crippen LogP contribution in [0.2, 0.25) is 0 Å². The van der Waals surface area contributed by atoms with Crippen LogP contribution in [0.3, 0.4) is 0 Å². The number of hydrogen-bond donors (Lipinski definition) is 1. The lowest BCUT2D eigenvalue weighted by Gasteiger charge is -2.23. The molecule has 0 spiro atoms. The number of amides is 3. The molecule has 0 heterocycles. The number of carbonyl (C=O) groups is 3. The molecule has 0 saturated carbocycles. The van der Waals surface area contributed by atoms with Crippen molar-refractivity contribution in [3.05, 3.63) is 35.9 Å². The predicted octanol–water partition coefficient (Wildman–Crippen LogP) is 0.743. The van der Waals surface area contributed by atoms with Gasteiger partial charge in [-0.15, -0.1) is 0 Å². The van der Waals surface area contributed by atoms with Gasteiger partial charge < -0.3 is 15.1 Å². The van der Waals surface area contributed by atoms with Crippen LogP contribution in [-0.4, -0.2) is 60.7 Å². The molecular formula is C16H23N3O3. The van der Waals surface area contributed by atoms with Crippen molar-refractivity contribution >= 4 is 17.7 Å². The van der Waals surface area contributed by atoms with E-state index >= 15 is 0 Å². The van der Waals surface area contributed by atoms with Gasteiger partial charge in [-0.2, -0.15) is 0 Å². The second kappa shape index (κ2) is 8.81. The van der Waals surface area contributed by atoms with Crippen LogP contribution in [0.5, 0.6) is 0 Å². The first-order valence-electron chi connectivity index (χ1n) is 7.34. The third-order valence-electron chi connectivity index (χ3n) is 3.35. The van der Waals surface area contributed by atoms with Crippen molar-refractivity contribution < 1.29 is 14.4 Å². The maximum atomic E-state index is 12.0. The Balaban J connectivity index is 2.45. The number of rotatable bonds is 7. The number of hydrogen-bond acceptors (Lipinski definition) is 3. The van der Waals surface area contributed by atoms with Crippen molar-refractivity contribution in [2.24, 2.45) is 0 Å². The molecule has 0 aliphatic rings. The normalized spacial score (nSPS) is 9.95. The maximum absolute atomic E-state index is 12.0. The Bertz CT molecular complexity index is 513. The van der Waals surface area contributed by atoms with Crippen LogP contribution in [0, 0.1) is 0 Å². The first-order chi connectivity index (χ1) is 10.5. The number of carbonyl (C=O) groups excluding carboxylic acids is 3. The van der Waals surface area contributed by atoms with Crippen LogP contribution in [0.1, 0.15) is 24.2 Å². The summed E-state index contributed by atoms with van der Waals surface area (Å²) in [7, 11) is 1.55. The lowest BCUT2D eigenvalue weighted by atomic mass is 10.2. The summed E-state index contributed by atoms with van der Waals surface area (Å²) in [4.78, 5) is 38.7. The predicted molar refractivity (Wildman–Crippen MR) is 84.3 cm³/mol. The van der Waals surface area contributed by atoms with Gasteiger partial charge in [0.05, 0.1) is 13.1 Å². The summed E-state index contributed by atoms with van der Waals surface area (Å²) in [5, 5.41) is 2.56. The van der Waals surface area contributed by atoms with E-state index < -0.39 is 0 Å². The lowest BCUT2D eigenvalue weighted by Crippen LogP contribution is -2.44. The summed E-state index contributed by atoms with van der Waals surface area (Å²) in [6, 6.07) is 8.67. The monoisotopic (exact) mass is 305 g/mol. The molecule has 0 radical (unpaired) electrons. The van der Waals surface area contributed by atoms with E-state index in [4.69, 9.17) is 0 Å². The van der Waals surface area contributed by atoms with E-state index in [1.54, 1.807) is 36.2 Å². The summed E-state index contributed by atoms with van der Waals surface area (Å²) in [5.41, 5.74) is 0.497. The number of nitrogens with zero attached hydrogens (tertiary/aromatic N) is 2. The molecule has 3 amide bonds. The van der Waals surface area contributed by atoms with E-state index in [-0.39, 0.29) is 30.8 Å². The van der Waals surface area contributed by atoms with Crippen molar-refractivity contribution in [1.82, 2.24) is 15.1 Å². The smallest absolute Gasteiger partial charge is 0.251 e. The number of benzene rings is 1. The average molecular weight is 305 g/mol. The Morgan fingerprint density at radius 1 is 1.00 bits per heavy atom. The fourth-order valence-corrected chi connectivity index (χ4v) is 1.95. The maximum Gasteiger partial charge on any atom is 0.251 e. The minimum absolute atomic E-state index is 0.0156. The molecule has 0 aliphatic heterocycles. The van der Waals surface area contributed by atoms with Gasteiger partial charge in [-0.3, -0.25) is 14.4 Å². The van der Waals surface area contributed by atoms with E-state index in [1.807, 2.05) is 19.9 Å². The molecule has 0 saturated heterocycles. The highest BCUT2D eigenvalue weighted by atomic mass is 16.2. The highest BCUT2D eigenvalue weighted by Crippen LogP contribution is 1.98. The third-order valence-corrected chi connectivity index (χ3v) is 3.35. The average Bonchev–Trinajstić information content (AvgIpc) is 2.54. The summed E-state index contributed by atoms with van der Waals surface area (Å²) in [6.07, 6.45) is 0. The molecule has 1 aromatic carbocycles. The quantitative estimate of drug-likeness (QED) is 0.808. The van der Waals surface area contributed by atoms with Gasteiger partial charge in [-0.05, 0) is 26.0 Å². The van der Waals surface area contributed by atoms with Gasteiger partial charge in [0.15, 0.2) is 0 Å². The molecule has 1 N–H and O–H groups in total. The standard InChI is InChI=1S/C16H23N3O3/c1-4-19(5-2)15(21)12-18(3)14(20)11-17-16(22)13-9-7-6-8-10-13/h6-10H,4-5,11-12H2,1-3H3,(H,17,22). The van der Waals surface area contributed by atoms with Gasteiger partial charge in [0.1, 0.15) is 0 Å². The van der Waals surface area contributed by atoms with Gasteiger partial charge in [0.2, 0.25) is 11.8 Å². The van der Waals surface area contributed by atoms with E-state index in [0.29, 0.717) is 18.7 Å².